The fraction of sp³-hybridized carbons (Fsp3) is 0.133. The number of sulfonamides is 6. The van der Waals surface area contributed by atoms with E-state index < -0.39 is 83.6 Å². The minimum Gasteiger partial charge on any atom is -0.293 e. The van der Waals surface area contributed by atoms with E-state index in [0.717, 1.165) is 58.7 Å². The van der Waals surface area contributed by atoms with E-state index in [9.17, 15) is 106 Å². The lowest BCUT2D eigenvalue weighted by Gasteiger charge is -2.10. The first-order valence-electron chi connectivity index (χ1n) is 38.6. The summed E-state index contributed by atoms with van der Waals surface area (Å²) in [5.41, 5.74) is 6.18. The Hall–Kier alpha value is -10.0. The van der Waals surface area contributed by atoms with Crippen molar-refractivity contribution in [2.75, 3.05) is 62.8 Å². The van der Waals surface area contributed by atoms with Crippen molar-refractivity contribution >= 4 is 251 Å². The van der Waals surface area contributed by atoms with Crippen LogP contribution in [0.25, 0.3) is 0 Å². The highest BCUT2D eigenvalue weighted by molar-refractivity contribution is 7.94. The Morgan fingerprint density at radius 2 is 0.419 bits per heavy atom. The first kappa shape index (κ1) is 113. The molecular formula is C90H80Cl4F6N6O18S12. The molecule has 46 heteroatoms. The van der Waals surface area contributed by atoms with Crippen LogP contribution in [0.15, 0.2) is 296 Å². The number of carbonyl (C=O) groups is 6. The van der Waals surface area contributed by atoms with E-state index in [4.69, 9.17) is 46.4 Å². The van der Waals surface area contributed by atoms with Gasteiger partial charge in [0, 0.05) is 61.8 Å². The highest BCUT2D eigenvalue weighted by Gasteiger charge is 2.32. The van der Waals surface area contributed by atoms with E-state index in [-0.39, 0.29) is 125 Å². The number of halogens is 10. The van der Waals surface area contributed by atoms with Gasteiger partial charge in [-0.15, -0.1) is 0 Å². The van der Waals surface area contributed by atoms with Crippen LogP contribution in [0.1, 0.15) is 95.5 Å². The van der Waals surface area contributed by atoms with E-state index >= 15 is 0 Å². The molecule has 0 heterocycles. The maximum Gasteiger partial charge on any atom is 0.416 e. The van der Waals surface area contributed by atoms with Crippen LogP contribution < -0.4 is 28.3 Å². The molecule has 24 nitrogen and oxygen atoms in total. The Balaban J connectivity index is 0.000000222. The van der Waals surface area contributed by atoms with Gasteiger partial charge in [-0.3, -0.25) is 57.1 Å². The van der Waals surface area contributed by atoms with E-state index in [1.54, 1.807) is 48.5 Å². The van der Waals surface area contributed by atoms with Crippen LogP contribution in [0.4, 0.5) is 60.5 Å². The average Bonchev–Trinajstić information content (AvgIpc) is 0.946. The quantitative estimate of drug-likeness (QED) is 0.0113. The van der Waals surface area contributed by atoms with Crippen molar-refractivity contribution in [1.29, 1.82) is 0 Å². The number of rotatable bonds is 30. The fourth-order valence-corrected chi connectivity index (χ4v) is 19.6. The second kappa shape index (κ2) is 50.0. The number of aryl methyl sites for hydroxylation is 4. The molecular weight excluding hydrogens is 2090 g/mol. The Bertz CT molecular complexity index is 7030. The van der Waals surface area contributed by atoms with Gasteiger partial charge in [0.05, 0.1) is 101 Å². The third-order valence-corrected chi connectivity index (χ3v) is 29.5. The van der Waals surface area contributed by atoms with Gasteiger partial charge in [0.1, 0.15) is 0 Å². The number of thiol groups is 6. The maximum absolute atomic E-state index is 12.5. The molecule has 0 aromatic heterocycles. The Kier molecular flexibility index (Phi) is 41.6. The summed E-state index contributed by atoms with van der Waals surface area (Å²) in [4.78, 5) is 68.8. The zero-order chi connectivity index (χ0) is 101. The highest BCUT2D eigenvalue weighted by Crippen LogP contribution is 2.35. The zero-order valence-corrected chi connectivity index (χ0v) is 84.2. The summed E-state index contributed by atoms with van der Waals surface area (Å²) in [6, 6.07) is 60.5. The molecule has 0 radical (unpaired) electrons. The van der Waals surface area contributed by atoms with Gasteiger partial charge in [0.15, 0.2) is 34.7 Å². The van der Waals surface area contributed by atoms with Gasteiger partial charge in [-0.05, 0) is 268 Å². The van der Waals surface area contributed by atoms with Crippen LogP contribution in [-0.2, 0) is 72.5 Å². The van der Waals surface area contributed by atoms with Crippen LogP contribution in [0, 0.1) is 27.7 Å². The minimum atomic E-state index is -4.54. The van der Waals surface area contributed by atoms with E-state index in [1.807, 2.05) is 39.8 Å². The standard InChI is InChI=1S/2C16H17NO3S2.2C15H12F3NO3S2.2C14H11Cl2NO3S2/c1-11-7-12(2)9-14(8-11)17-22(19,20)15-5-3-13(4-6-15)16(18)10-21;1-11-7-12(2)9-15(8-11)22(19,20)17-14-5-3-13(4-6-14)16(18)10-21;16-15(17,18)11-3-5-12(6-4-11)19-24(21,22)13-7-1-10(2-8-13)14(20)9-23;16-15(17,18)11-3-7-13(8-4-11)24(21,22)19-12-5-1-10(2-6-12)14(20)9-23;15-12-6-3-10(7-13(12)16)17-22(19,20)11-4-1-9(2-5-11)14(18)8-21;15-12-6-5-11(7-13(12)16)22(19,20)17-10-3-1-9(2-4-10)14(18)8-21/h2*3-9,17,21H,10H2,1-2H3;2*1-8,19,23H,9H2;2*1-7,17,21H,8H2. The van der Waals surface area contributed by atoms with Crippen LogP contribution in [0.5, 0.6) is 0 Å². The summed E-state index contributed by atoms with van der Waals surface area (Å²) in [6.07, 6.45) is -9.03. The summed E-state index contributed by atoms with van der Waals surface area (Å²) in [6.45, 7) is 7.51. The summed E-state index contributed by atoms with van der Waals surface area (Å²) in [7, 11) is -22.9. The number of carbonyl (C=O) groups excluding carboxylic acids is 6. The van der Waals surface area contributed by atoms with Crippen molar-refractivity contribution in [2.45, 2.75) is 69.4 Å². The van der Waals surface area contributed by atoms with Gasteiger partial charge in [0.25, 0.3) is 60.1 Å². The van der Waals surface area contributed by atoms with Crippen molar-refractivity contribution in [3.8, 4) is 0 Å². The molecule has 0 bridgehead atoms. The first-order valence-corrected chi connectivity index (χ1v) is 52.8. The minimum absolute atomic E-state index is 0.00138. The van der Waals surface area contributed by atoms with E-state index in [2.05, 4.69) is 104 Å². The lowest BCUT2D eigenvalue weighted by atomic mass is 10.1. The van der Waals surface area contributed by atoms with Crippen molar-refractivity contribution in [3.63, 3.8) is 0 Å². The number of hydrogen-bond acceptors (Lipinski definition) is 24. The van der Waals surface area contributed by atoms with E-state index in [0.29, 0.717) is 73.3 Å². The van der Waals surface area contributed by atoms with E-state index in [1.165, 1.54) is 158 Å². The SMILES string of the molecule is Cc1cc(C)cc(NS(=O)(=O)c2ccc(C(=O)CS)cc2)c1.Cc1cc(C)cc(S(=O)(=O)Nc2ccc(C(=O)CS)cc2)c1.O=C(CS)c1ccc(NS(=O)(=O)c2ccc(C(F)(F)F)cc2)cc1.O=C(CS)c1ccc(NS(=O)(=O)c2ccc(Cl)c(Cl)c2)cc1.O=C(CS)c1ccc(S(=O)(=O)Nc2ccc(C(F)(F)F)cc2)cc1.O=C(CS)c1ccc(S(=O)(=O)Nc2ccc(Cl)c(Cl)c2)cc1. The molecule has 6 N–H and O–H groups in total. The average molecular weight is 2170 g/mol. The second-order valence-corrected chi connectivity index (χ2v) is 42.0. The Labute approximate surface area is 835 Å². The van der Waals surface area contributed by atoms with Crippen LogP contribution in [-0.4, -0.2) is 120 Å². The molecule has 0 aliphatic carbocycles. The molecule has 0 saturated carbocycles. The molecule has 0 aliphatic rings. The number of hydrogen-bond donors (Lipinski definition) is 12. The summed E-state index contributed by atoms with van der Waals surface area (Å²) >= 11 is 46.6. The Morgan fingerprint density at radius 3 is 0.676 bits per heavy atom. The van der Waals surface area contributed by atoms with Crippen LogP contribution in [0.3, 0.4) is 0 Å². The van der Waals surface area contributed by atoms with Crippen molar-refractivity contribution in [1.82, 2.24) is 0 Å². The van der Waals surface area contributed by atoms with Crippen LogP contribution in [0.2, 0.25) is 20.1 Å². The summed E-state index contributed by atoms with van der Waals surface area (Å²) in [5, 5.41) is 1.00. The molecule has 12 aromatic rings. The molecule has 720 valence electrons. The molecule has 136 heavy (non-hydrogen) atoms. The molecule has 0 amide bonds. The number of Topliss-reactive ketones (excluding diaryl/α,β-unsaturated/α-hetero) is 6. The number of alkyl halides is 6. The number of benzene rings is 12. The van der Waals surface area contributed by atoms with Gasteiger partial charge in [0.2, 0.25) is 0 Å². The lowest BCUT2D eigenvalue weighted by molar-refractivity contribution is -0.138. The van der Waals surface area contributed by atoms with Gasteiger partial charge < -0.3 is 0 Å². The predicted octanol–water partition coefficient (Wildman–Crippen LogP) is 21.5. The molecule has 0 unspecified atom stereocenters. The first-order chi connectivity index (χ1) is 63.6. The van der Waals surface area contributed by atoms with Crippen LogP contribution >= 0.6 is 122 Å². The van der Waals surface area contributed by atoms with Gasteiger partial charge >= 0.3 is 12.4 Å². The molecule has 0 fully saturated rings. The number of anilines is 6. The number of nitrogens with one attached hydrogen (secondary N) is 6. The molecule has 12 aromatic carbocycles. The molecule has 0 atom stereocenters. The maximum atomic E-state index is 12.5. The van der Waals surface area contributed by atoms with Gasteiger partial charge in [-0.25, -0.2) is 50.5 Å². The summed E-state index contributed by atoms with van der Waals surface area (Å²) in [5.74, 6) is -0.642. The molecule has 0 spiro atoms. The lowest BCUT2D eigenvalue weighted by Crippen LogP contribution is -2.14. The molecule has 0 saturated heterocycles. The highest BCUT2D eigenvalue weighted by atomic mass is 35.5. The monoisotopic (exact) mass is 2170 g/mol. The topological polar surface area (TPSA) is 379 Å². The second-order valence-electron chi connectivity index (χ2n) is 28.4. The summed E-state index contributed by atoms with van der Waals surface area (Å²) < 4.78 is 236. The largest absolute Gasteiger partial charge is 0.416 e. The third-order valence-electron chi connectivity index (χ3n) is 18.0. The van der Waals surface area contributed by atoms with Gasteiger partial charge in [-0.1, -0.05) is 94.9 Å². The van der Waals surface area contributed by atoms with Crippen molar-refractivity contribution in [3.05, 3.63) is 354 Å². The zero-order valence-electron chi connectivity index (χ0n) is 70.9. The molecule has 0 aliphatic heterocycles. The fourth-order valence-electron chi connectivity index (χ4n) is 11.3. The van der Waals surface area contributed by atoms with Crippen molar-refractivity contribution in [2.24, 2.45) is 0 Å². The smallest absolute Gasteiger partial charge is 0.293 e. The number of ketones is 6. The third kappa shape index (κ3) is 34.3. The predicted molar refractivity (Wildman–Crippen MR) is 540 cm³/mol. The van der Waals surface area contributed by atoms with Gasteiger partial charge in [-0.2, -0.15) is 102 Å². The normalized spacial score (nSPS) is 11.5. The Morgan fingerprint density at radius 1 is 0.228 bits per heavy atom. The molecule has 12 rings (SSSR count). The van der Waals surface area contributed by atoms with Crippen molar-refractivity contribution < 1.29 is 106 Å².